The lowest BCUT2D eigenvalue weighted by Crippen LogP contribution is -2.42. The molecule has 1 N–H and O–H groups in total. The van der Waals surface area contributed by atoms with E-state index < -0.39 is 16.1 Å². The molecule has 38 heavy (non-hydrogen) atoms. The van der Waals surface area contributed by atoms with Gasteiger partial charge in [0.05, 0.1) is 30.3 Å². The number of hydrogen-bond donors (Lipinski definition) is 1. The smallest absolute Gasteiger partial charge is 0.264 e. The first-order valence-electron chi connectivity index (χ1n) is 12.6. The van der Waals surface area contributed by atoms with Gasteiger partial charge in [-0.05, 0) is 42.3 Å². The Bertz CT molecular complexity index is 1350. The third kappa shape index (κ3) is 7.01. The molecule has 7 heteroatoms. The Hall–Kier alpha value is -3.65. The van der Waals surface area contributed by atoms with E-state index in [-0.39, 0.29) is 18.0 Å². The number of anilines is 1. The zero-order valence-electron chi connectivity index (χ0n) is 21.8. The maximum absolute atomic E-state index is 13.9. The third-order valence-corrected chi connectivity index (χ3v) is 8.10. The summed E-state index contributed by atoms with van der Waals surface area (Å²) in [6.07, 6.45) is -0.965. The van der Waals surface area contributed by atoms with Crippen LogP contribution in [0.3, 0.4) is 0 Å². The highest BCUT2D eigenvalue weighted by molar-refractivity contribution is 7.92. The normalized spacial score (nSPS) is 12.3. The number of aliphatic hydroxyl groups is 1. The van der Waals surface area contributed by atoms with Gasteiger partial charge in [-0.15, -0.1) is 0 Å². The van der Waals surface area contributed by atoms with Crippen LogP contribution in [0.1, 0.15) is 16.7 Å². The van der Waals surface area contributed by atoms with Crippen molar-refractivity contribution in [2.45, 2.75) is 31.0 Å². The average molecular weight is 531 g/mol. The zero-order chi connectivity index (χ0) is 27.0. The maximum Gasteiger partial charge on any atom is 0.264 e. The molecule has 4 aromatic carbocycles. The number of rotatable bonds is 12. The van der Waals surface area contributed by atoms with Gasteiger partial charge in [0.2, 0.25) is 0 Å². The highest BCUT2D eigenvalue weighted by Gasteiger charge is 2.30. The van der Waals surface area contributed by atoms with Crippen molar-refractivity contribution < 1.29 is 18.3 Å². The van der Waals surface area contributed by atoms with Gasteiger partial charge in [-0.3, -0.25) is 9.21 Å². The fourth-order valence-electron chi connectivity index (χ4n) is 4.41. The van der Waals surface area contributed by atoms with Crippen molar-refractivity contribution in [1.82, 2.24) is 4.90 Å². The Morgan fingerprint density at radius 2 is 1.26 bits per heavy atom. The molecule has 0 saturated heterocycles. The van der Waals surface area contributed by atoms with Crippen LogP contribution in [0.25, 0.3) is 0 Å². The lowest BCUT2D eigenvalue weighted by molar-refractivity contribution is 0.111. The minimum absolute atomic E-state index is 0.128. The molecule has 0 amide bonds. The van der Waals surface area contributed by atoms with Gasteiger partial charge >= 0.3 is 0 Å². The summed E-state index contributed by atoms with van der Waals surface area (Å²) in [6.45, 7) is 3.29. The van der Waals surface area contributed by atoms with E-state index in [9.17, 15) is 13.5 Å². The van der Waals surface area contributed by atoms with Gasteiger partial charge in [-0.1, -0.05) is 90.5 Å². The highest BCUT2D eigenvalue weighted by Crippen LogP contribution is 2.32. The van der Waals surface area contributed by atoms with Gasteiger partial charge in [-0.2, -0.15) is 0 Å². The van der Waals surface area contributed by atoms with E-state index in [1.807, 2.05) is 67.6 Å². The Kier molecular flexibility index (Phi) is 9.18. The van der Waals surface area contributed by atoms with E-state index in [2.05, 4.69) is 4.90 Å². The first-order valence-corrected chi connectivity index (χ1v) is 14.0. The highest BCUT2D eigenvalue weighted by atomic mass is 32.2. The summed E-state index contributed by atoms with van der Waals surface area (Å²) in [5, 5.41) is 11.3. The van der Waals surface area contributed by atoms with Crippen LogP contribution in [0.4, 0.5) is 5.69 Å². The van der Waals surface area contributed by atoms with Crippen LogP contribution in [-0.4, -0.2) is 44.7 Å². The number of ether oxygens (including phenoxy) is 1. The molecular weight excluding hydrogens is 496 g/mol. The molecule has 0 spiro atoms. The van der Waals surface area contributed by atoms with E-state index in [1.54, 1.807) is 48.5 Å². The lowest BCUT2D eigenvalue weighted by Gasteiger charge is -2.31. The van der Waals surface area contributed by atoms with E-state index in [1.165, 1.54) is 11.4 Å². The number of para-hydroxylation sites is 2. The monoisotopic (exact) mass is 530 g/mol. The topological polar surface area (TPSA) is 70.1 Å². The number of methoxy groups -OCH3 is 1. The first kappa shape index (κ1) is 27.4. The van der Waals surface area contributed by atoms with Gasteiger partial charge in [0.15, 0.2) is 0 Å². The van der Waals surface area contributed by atoms with Crippen LogP contribution < -0.4 is 9.04 Å². The van der Waals surface area contributed by atoms with Gasteiger partial charge in [-0.25, -0.2) is 8.42 Å². The van der Waals surface area contributed by atoms with Crippen molar-refractivity contribution in [3.63, 3.8) is 0 Å². The number of hydrogen-bond acceptors (Lipinski definition) is 5. The molecule has 0 bridgehead atoms. The molecule has 1 atom stereocenters. The molecule has 198 valence electrons. The summed E-state index contributed by atoms with van der Waals surface area (Å²) in [4.78, 5) is 2.29. The fourth-order valence-corrected chi connectivity index (χ4v) is 5.93. The molecule has 0 heterocycles. The van der Waals surface area contributed by atoms with Crippen LogP contribution in [0, 0.1) is 6.92 Å². The van der Waals surface area contributed by atoms with Gasteiger partial charge in [0.25, 0.3) is 10.0 Å². The van der Waals surface area contributed by atoms with Crippen LogP contribution in [0.2, 0.25) is 0 Å². The number of benzene rings is 4. The van der Waals surface area contributed by atoms with Crippen molar-refractivity contribution in [1.29, 1.82) is 0 Å². The molecular formula is C31H34N2O4S. The predicted octanol–water partition coefficient (Wildman–Crippen LogP) is 5.26. The van der Waals surface area contributed by atoms with Gasteiger partial charge in [0, 0.05) is 19.6 Å². The Morgan fingerprint density at radius 1 is 0.737 bits per heavy atom. The first-order chi connectivity index (χ1) is 18.4. The molecule has 0 aliphatic heterocycles. The molecule has 0 aromatic heterocycles. The molecule has 0 saturated carbocycles. The number of aliphatic hydroxyl groups excluding tert-OH is 1. The minimum atomic E-state index is -3.98. The second-order valence-corrected chi connectivity index (χ2v) is 11.2. The predicted molar refractivity (Wildman–Crippen MR) is 152 cm³/mol. The van der Waals surface area contributed by atoms with Crippen LogP contribution in [0.15, 0.2) is 114 Å². The molecule has 0 radical (unpaired) electrons. The number of sulfonamides is 1. The van der Waals surface area contributed by atoms with Crippen molar-refractivity contribution in [3.05, 3.63) is 126 Å². The van der Waals surface area contributed by atoms with Gasteiger partial charge in [0.1, 0.15) is 5.75 Å². The van der Waals surface area contributed by atoms with Gasteiger partial charge < -0.3 is 9.84 Å². The van der Waals surface area contributed by atoms with E-state index in [0.29, 0.717) is 24.5 Å². The van der Waals surface area contributed by atoms with Crippen molar-refractivity contribution in [2.24, 2.45) is 0 Å². The van der Waals surface area contributed by atoms with Crippen LogP contribution in [-0.2, 0) is 23.1 Å². The molecule has 0 aliphatic rings. The van der Waals surface area contributed by atoms with Crippen molar-refractivity contribution in [2.75, 3.05) is 24.5 Å². The quantitative estimate of drug-likeness (QED) is 0.271. The molecule has 6 nitrogen and oxygen atoms in total. The molecule has 0 aliphatic carbocycles. The SMILES string of the molecule is COc1ccccc1N(CC(O)CN(Cc1ccccc1)Cc1ccccc1)S(=O)(=O)c1ccc(C)cc1. The summed E-state index contributed by atoms with van der Waals surface area (Å²) >= 11 is 0. The van der Waals surface area contributed by atoms with Crippen molar-refractivity contribution >= 4 is 15.7 Å². The Balaban J connectivity index is 1.63. The zero-order valence-corrected chi connectivity index (χ0v) is 22.6. The summed E-state index contributed by atoms with van der Waals surface area (Å²) in [5.41, 5.74) is 3.58. The van der Waals surface area contributed by atoms with Crippen LogP contribution >= 0.6 is 0 Å². The summed E-state index contributed by atoms with van der Waals surface area (Å²) in [7, 11) is -2.47. The lowest BCUT2D eigenvalue weighted by atomic mass is 10.1. The van der Waals surface area contributed by atoms with E-state index in [0.717, 1.165) is 16.7 Å². The minimum Gasteiger partial charge on any atom is -0.495 e. The fraction of sp³-hybridized carbons (Fsp3) is 0.226. The average Bonchev–Trinajstić information content (AvgIpc) is 2.93. The Morgan fingerprint density at radius 3 is 1.82 bits per heavy atom. The number of aryl methyl sites for hydroxylation is 1. The van der Waals surface area contributed by atoms with E-state index in [4.69, 9.17) is 4.74 Å². The summed E-state index contributed by atoms with van der Waals surface area (Å²) in [5.74, 6) is 0.417. The molecule has 4 rings (SSSR count). The summed E-state index contributed by atoms with van der Waals surface area (Å²) in [6, 6.07) is 33.8. The molecule has 1 unspecified atom stereocenters. The summed E-state index contributed by atoms with van der Waals surface area (Å²) < 4.78 is 34.5. The Labute approximate surface area is 225 Å². The second kappa shape index (κ2) is 12.7. The second-order valence-electron chi connectivity index (χ2n) is 9.32. The van der Waals surface area contributed by atoms with E-state index >= 15 is 0 Å². The third-order valence-electron chi connectivity index (χ3n) is 6.31. The maximum atomic E-state index is 13.9. The number of nitrogens with zero attached hydrogens (tertiary/aromatic N) is 2. The standard InChI is InChI=1S/C31H34N2O4S/c1-25-17-19-29(20-18-25)38(35,36)33(30-15-9-10-16-31(30)37-2)24-28(34)23-32(21-26-11-5-3-6-12-26)22-27-13-7-4-8-14-27/h3-20,28,34H,21-24H2,1-2H3. The molecule has 0 fully saturated rings. The van der Waals surface area contributed by atoms with Crippen molar-refractivity contribution in [3.8, 4) is 5.75 Å². The molecule has 4 aromatic rings. The largest absolute Gasteiger partial charge is 0.495 e. The van der Waals surface area contributed by atoms with Crippen LogP contribution in [0.5, 0.6) is 5.75 Å².